The summed E-state index contributed by atoms with van der Waals surface area (Å²) >= 11 is 0. The van der Waals surface area contributed by atoms with Gasteiger partial charge in [-0.2, -0.15) is 0 Å². The second-order valence-corrected chi connectivity index (χ2v) is 7.31. The molecule has 2 saturated carbocycles. The Morgan fingerprint density at radius 2 is 1.85 bits per heavy atom. The number of fused-ring (bicyclic) bond motifs is 3. The van der Waals surface area contributed by atoms with Crippen molar-refractivity contribution in [3.8, 4) is 0 Å². The maximum atomic E-state index is 10.7. The van der Waals surface area contributed by atoms with Crippen LogP contribution in [0.3, 0.4) is 0 Å². The van der Waals surface area contributed by atoms with Crippen LogP contribution >= 0.6 is 0 Å². The van der Waals surface area contributed by atoms with Gasteiger partial charge in [0, 0.05) is 0 Å². The Bertz CT molecular complexity index is 474. The van der Waals surface area contributed by atoms with Gasteiger partial charge >= 0.3 is 0 Å². The lowest BCUT2D eigenvalue weighted by Crippen LogP contribution is -2.19. The summed E-state index contributed by atoms with van der Waals surface area (Å²) in [4.78, 5) is 0. The summed E-state index contributed by atoms with van der Waals surface area (Å²) in [5.41, 5.74) is 3.09. The lowest BCUT2D eigenvalue weighted by Gasteiger charge is -2.24. The van der Waals surface area contributed by atoms with E-state index in [1.165, 1.54) is 44.9 Å². The molecule has 1 N–H and O–H groups in total. The number of aliphatic hydroxyl groups excluding tert-OH is 1. The van der Waals surface area contributed by atoms with Crippen LogP contribution in [0.4, 0.5) is 0 Å². The van der Waals surface area contributed by atoms with Crippen molar-refractivity contribution in [1.82, 2.24) is 0 Å². The summed E-state index contributed by atoms with van der Waals surface area (Å²) < 4.78 is 0. The minimum absolute atomic E-state index is 0.0424. The number of aliphatic hydroxyl groups is 1. The van der Waals surface area contributed by atoms with Crippen molar-refractivity contribution in [2.24, 2.45) is 17.8 Å². The zero-order valence-corrected chi connectivity index (χ0v) is 12.3. The van der Waals surface area contributed by atoms with Crippen molar-refractivity contribution in [1.29, 1.82) is 0 Å². The third kappa shape index (κ3) is 2.20. The van der Waals surface area contributed by atoms with Crippen LogP contribution in [-0.2, 0) is 6.42 Å². The molecule has 1 aromatic carbocycles. The summed E-state index contributed by atoms with van der Waals surface area (Å²) in [6.07, 6.45) is 10.5. The largest absolute Gasteiger partial charge is 0.393 e. The number of rotatable bonds is 3. The van der Waals surface area contributed by atoms with Crippen LogP contribution < -0.4 is 0 Å². The smallest absolute Gasteiger partial charge is 0.0579 e. The SMILES string of the molecule is OC(CC1CCCCC1)C1C2CCc3ccccc3C21. The van der Waals surface area contributed by atoms with Crippen molar-refractivity contribution in [3.63, 3.8) is 0 Å². The van der Waals surface area contributed by atoms with Crippen LogP contribution in [0, 0.1) is 17.8 Å². The zero-order valence-electron chi connectivity index (χ0n) is 12.3. The Balaban J connectivity index is 1.44. The quantitative estimate of drug-likeness (QED) is 0.868. The maximum absolute atomic E-state index is 10.7. The molecule has 0 radical (unpaired) electrons. The molecule has 4 unspecified atom stereocenters. The average molecular weight is 270 g/mol. The number of aryl methyl sites for hydroxylation is 1. The fraction of sp³-hybridized carbons (Fsp3) is 0.684. The maximum Gasteiger partial charge on any atom is 0.0579 e. The fourth-order valence-corrected chi connectivity index (χ4v) is 5.07. The Hall–Kier alpha value is -0.820. The van der Waals surface area contributed by atoms with Gasteiger partial charge < -0.3 is 5.11 Å². The first-order valence-corrected chi connectivity index (χ1v) is 8.60. The first-order chi connectivity index (χ1) is 9.84. The number of hydrogen-bond donors (Lipinski definition) is 1. The molecule has 1 aromatic rings. The van der Waals surface area contributed by atoms with Crippen LogP contribution in [0.15, 0.2) is 24.3 Å². The van der Waals surface area contributed by atoms with Crippen molar-refractivity contribution in [2.45, 2.75) is 63.4 Å². The molecule has 0 aliphatic heterocycles. The van der Waals surface area contributed by atoms with Gasteiger partial charge in [-0.1, -0.05) is 56.4 Å². The molecule has 4 atom stereocenters. The molecule has 0 bridgehead atoms. The average Bonchev–Trinajstić information content (AvgIpc) is 3.23. The normalized spacial score (nSPS) is 34.1. The second-order valence-electron chi connectivity index (χ2n) is 7.31. The van der Waals surface area contributed by atoms with Gasteiger partial charge in [-0.05, 0) is 54.1 Å². The van der Waals surface area contributed by atoms with Gasteiger partial charge in [-0.25, -0.2) is 0 Å². The van der Waals surface area contributed by atoms with Gasteiger partial charge in [0.05, 0.1) is 6.10 Å². The molecular formula is C19H26O. The monoisotopic (exact) mass is 270 g/mol. The van der Waals surface area contributed by atoms with Crippen LogP contribution in [0.5, 0.6) is 0 Å². The van der Waals surface area contributed by atoms with Gasteiger partial charge in [0.1, 0.15) is 0 Å². The van der Waals surface area contributed by atoms with Crippen molar-refractivity contribution < 1.29 is 5.11 Å². The van der Waals surface area contributed by atoms with Crippen molar-refractivity contribution >= 4 is 0 Å². The van der Waals surface area contributed by atoms with Gasteiger partial charge in [0.15, 0.2) is 0 Å². The fourth-order valence-electron chi connectivity index (χ4n) is 5.07. The van der Waals surface area contributed by atoms with E-state index in [-0.39, 0.29) is 6.10 Å². The van der Waals surface area contributed by atoms with Gasteiger partial charge in [-0.15, -0.1) is 0 Å². The minimum atomic E-state index is -0.0424. The highest BCUT2D eigenvalue weighted by atomic mass is 16.3. The van der Waals surface area contributed by atoms with Crippen LogP contribution in [0.2, 0.25) is 0 Å². The third-order valence-corrected chi connectivity index (χ3v) is 6.13. The Morgan fingerprint density at radius 1 is 1.05 bits per heavy atom. The predicted molar refractivity (Wildman–Crippen MR) is 81.7 cm³/mol. The molecule has 3 aliphatic carbocycles. The highest BCUT2D eigenvalue weighted by Crippen LogP contribution is 2.61. The van der Waals surface area contributed by atoms with Crippen LogP contribution in [0.1, 0.15) is 62.0 Å². The molecule has 1 nitrogen and oxygen atoms in total. The van der Waals surface area contributed by atoms with Crippen LogP contribution in [-0.4, -0.2) is 11.2 Å². The van der Waals surface area contributed by atoms with E-state index < -0.39 is 0 Å². The molecule has 0 aromatic heterocycles. The summed E-state index contributed by atoms with van der Waals surface area (Å²) in [5.74, 6) is 2.83. The molecule has 1 heteroatoms. The second kappa shape index (κ2) is 5.18. The van der Waals surface area contributed by atoms with Gasteiger partial charge in [0.25, 0.3) is 0 Å². The molecule has 3 aliphatic rings. The standard InChI is InChI=1S/C19H26O/c20-17(12-13-6-2-1-3-7-13)19-16-11-10-14-8-4-5-9-15(14)18(16)19/h4-5,8-9,13,16-20H,1-3,6-7,10-12H2. The topological polar surface area (TPSA) is 20.2 Å². The lowest BCUT2D eigenvalue weighted by atomic mass is 9.84. The number of hydrogen-bond acceptors (Lipinski definition) is 1. The van der Waals surface area contributed by atoms with E-state index in [9.17, 15) is 5.11 Å². The van der Waals surface area contributed by atoms with E-state index >= 15 is 0 Å². The van der Waals surface area contributed by atoms with E-state index in [2.05, 4.69) is 24.3 Å². The molecule has 108 valence electrons. The molecule has 0 heterocycles. The van der Waals surface area contributed by atoms with Crippen LogP contribution in [0.25, 0.3) is 0 Å². The zero-order chi connectivity index (χ0) is 13.5. The van der Waals surface area contributed by atoms with E-state index in [1.54, 1.807) is 11.1 Å². The summed E-state index contributed by atoms with van der Waals surface area (Å²) in [5, 5.41) is 10.7. The molecule has 4 rings (SSSR count). The summed E-state index contributed by atoms with van der Waals surface area (Å²) in [6.45, 7) is 0. The highest BCUT2D eigenvalue weighted by molar-refractivity contribution is 5.39. The van der Waals surface area contributed by atoms with Crippen molar-refractivity contribution in [3.05, 3.63) is 35.4 Å². The lowest BCUT2D eigenvalue weighted by molar-refractivity contribution is 0.103. The molecular weight excluding hydrogens is 244 g/mol. The minimum Gasteiger partial charge on any atom is -0.393 e. The Kier molecular flexibility index (Phi) is 3.34. The van der Waals surface area contributed by atoms with E-state index in [4.69, 9.17) is 0 Å². The molecule has 0 spiro atoms. The van der Waals surface area contributed by atoms with Gasteiger partial charge in [0.2, 0.25) is 0 Å². The van der Waals surface area contributed by atoms with E-state index in [0.29, 0.717) is 11.8 Å². The predicted octanol–water partition coefficient (Wildman–Crippen LogP) is 4.29. The highest BCUT2D eigenvalue weighted by Gasteiger charge is 2.56. The molecule has 0 amide bonds. The van der Waals surface area contributed by atoms with E-state index in [0.717, 1.165) is 18.3 Å². The molecule has 2 fully saturated rings. The van der Waals surface area contributed by atoms with Gasteiger partial charge in [-0.3, -0.25) is 0 Å². The molecule has 0 saturated heterocycles. The Labute approximate surface area is 122 Å². The summed E-state index contributed by atoms with van der Waals surface area (Å²) in [7, 11) is 0. The van der Waals surface area contributed by atoms with Crippen molar-refractivity contribution in [2.75, 3.05) is 0 Å². The number of benzene rings is 1. The third-order valence-electron chi connectivity index (χ3n) is 6.13. The Morgan fingerprint density at radius 3 is 2.70 bits per heavy atom. The first kappa shape index (κ1) is 12.9. The first-order valence-electron chi connectivity index (χ1n) is 8.60. The molecule has 20 heavy (non-hydrogen) atoms. The van der Waals surface area contributed by atoms with E-state index in [1.807, 2.05) is 0 Å². The summed E-state index contributed by atoms with van der Waals surface area (Å²) in [6, 6.07) is 8.92.